The predicted molar refractivity (Wildman–Crippen MR) is 106 cm³/mol. The number of hydrogen-bond donors (Lipinski definition) is 2. The summed E-state index contributed by atoms with van der Waals surface area (Å²) >= 11 is 0. The summed E-state index contributed by atoms with van der Waals surface area (Å²) in [7, 11) is -3.76. The minimum Gasteiger partial charge on any atom is -0.371 e. The Morgan fingerprint density at radius 2 is 1.66 bits per heavy atom. The molecule has 8 unspecified atom stereocenters. The molecule has 0 heterocycles. The molecule has 0 aliphatic heterocycles. The Bertz CT molecular complexity index is 766. The molecule has 3 aliphatic rings. The Hall–Kier alpha value is -1.01. The fourth-order valence-corrected chi connectivity index (χ4v) is 6.17. The van der Waals surface area contributed by atoms with Gasteiger partial charge in [0.05, 0.1) is 29.3 Å². The quantitative estimate of drug-likeness (QED) is 0.578. The predicted octanol–water partition coefficient (Wildman–Crippen LogP) is 3.29. The first kappa shape index (κ1) is 25.6. The van der Waals surface area contributed by atoms with Crippen LogP contribution < -0.4 is 10.5 Å². The maximum atomic E-state index is 14.3. The molecule has 8 atom stereocenters. The van der Waals surface area contributed by atoms with E-state index in [1.165, 1.54) is 0 Å². The van der Waals surface area contributed by atoms with Crippen LogP contribution in [-0.4, -0.2) is 56.3 Å². The highest BCUT2D eigenvalue weighted by molar-refractivity contribution is 7.89. The summed E-state index contributed by atoms with van der Waals surface area (Å²) in [6, 6.07) is -0.462. The zero-order valence-electron chi connectivity index (χ0n) is 17.7. The average molecular weight is 491 g/mol. The summed E-state index contributed by atoms with van der Waals surface area (Å²) in [4.78, 5) is 13.0. The van der Waals surface area contributed by atoms with Crippen molar-refractivity contribution in [1.82, 2.24) is 5.32 Å². The molecule has 186 valence electrons. The third kappa shape index (κ3) is 6.53. The SMILES string of the molecule is NS(=O)(=O)C1CCCC(NC(=O)C2CCC(C(F)(F)F)CC2OC2CCC(F)CC2F)C1. The van der Waals surface area contributed by atoms with Gasteiger partial charge in [-0.15, -0.1) is 0 Å². The number of nitrogens with two attached hydrogens (primary N) is 1. The van der Waals surface area contributed by atoms with Crippen molar-refractivity contribution in [2.45, 2.75) is 106 Å². The smallest absolute Gasteiger partial charge is 0.371 e. The lowest BCUT2D eigenvalue weighted by Crippen LogP contribution is -2.51. The van der Waals surface area contributed by atoms with Crippen LogP contribution in [-0.2, 0) is 19.6 Å². The van der Waals surface area contributed by atoms with Gasteiger partial charge in [0.25, 0.3) is 0 Å². The molecule has 12 heteroatoms. The molecule has 3 N–H and O–H groups in total. The number of carbonyl (C=O) groups is 1. The summed E-state index contributed by atoms with van der Waals surface area (Å²) in [5, 5.41) is 7.20. The van der Waals surface area contributed by atoms with Crippen LogP contribution in [0.15, 0.2) is 0 Å². The first-order valence-corrected chi connectivity index (χ1v) is 12.8. The van der Waals surface area contributed by atoms with E-state index in [1.807, 2.05) is 0 Å². The maximum Gasteiger partial charge on any atom is 0.391 e. The number of sulfonamides is 1. The van der Waals surface area contributed by atoms with Crippen LogP contribution in [0.1, 0.15) is 64.2 Å². The first-order chi connectivity index (χ1) is 14.8. The highest BCUT2D eigenvalue weighted by atomic mass is 32.2. The summed E-state index contributed by atoms with van der Waals surface area (Å²) in [6.07, 6.45) is -9.04. The molecular formula is C20H31F5N2O4S. The van der Waals surface area contributed by atoms with Gasteiger partial charge in [-0.3, -0.25) is 4.79 Å². The number of alkyl halides is 5. The van der Waals surface area contributed by atoms with E-state index in [0.717, 1.165) is 0 Å². The highest BCUT2D eigenvalue weighted by Crippen LogP contribution is 2.42. The fourth-order valence-electron chi connectivity index (χ4n) is 5.18. The molecule has 3 rings (SSSR count). The number of rotatable bonds is 5. The molecule has 3 aliphatic carbocycles. The van der Waals surface area contributed by atoms with Gasteiger partial charge in [0.2, 0.25) is 15.9 Å². The largest absolute Gasteiger partial charge is 0.391 e. The van der Waals surface area contributed by atoms with E-state index in [4.69, 9.17) is 9.88 Å². The first-order valence-electron chi connectivity index (χ1n) is 11.2. The lowest BCUT2D eigenvalue weighted by Gasteiger charge is -2.40. The van der Waals surface area contributed by atoms with Gasteiger partial charge in [0, 0.05) is 12.5 Å². The topological polar surface area (TPSA) is 98.5 Å². The molecule has 1 amide bonds. The minimum atomic E-state index is -4.46. The number of primary sulfonamides is 1. The molecule has 0 aromatic heterocycles. The monoisotopic (exact) mass is 490 g/mol. The third-order valence-electron chi connectivity index (χ3n) is 7.03. The van der Waals surface area contributed by atoms with E-state index in [9.17, 15) is 35.2 Å². The van der Waals surface area contributed by atoms with Crippen LogP contribution in [0.2, 0.25) is 0 Å². The van der Waals surface area contributed by atoms with E-state index in [2.05, 4.69) is 5.32 Å². The number of hydrogen-bond acceptors (Lipinski definition) is 4. The van der Waals surface area contributed by atoms with Crippen LogP contribution in [0, 0.1) is 11.8 Å². The van der Waals surface area contributed by atoms with E-state index in [0.29, 0.717) is 19.3 Å². The number of carbonyl (C=O) groups excluding carboxylic acids is 1. The van der Waals surface area contributed by atoms with Gasteiger partial charge < -0.3 is 10.1 Å². The van der Waals surface area contributed by atoms with Gasteiger partial charge in [-0.2, -0.15) is 13.2 Å². The Morgan fingerprint density at radius 1 is 0.938 bits per heavy atom. The minimum absolute atomic E-state index is 0.0442. The molecule has 0 radical (unpaired) electrons. The van der Waals surface area contributed by atoms with Crippen LogP contribution in [0.3, 0.4) is 0 Å². The summed E-state index contributed by atoms with van der Waals surface area (Å²) in [5.41, 5.74) is 0. The Balaban J connectivity index is 1.68. The number of amides is 1. The van der Waals surface area contributed by atoms with Crippen molar-refractivity contribution < 1.29 is 39.9 Å². The molecule has 0 saturated heterocycles. The van der Waals surface area contributed by atoms with Crippen LogP contribution in [0.4, 0.5) is 22.0 Å². The fraction of sp³-hybridized carbons (Fsp3) is 0.950. The number of halogens is 5. The summed E-state index contributed by atoms with van der Waals surface area (Å²) < 4.78 is 96.7. The van der Waals surface area contributed by atoms with Crippen molar-refractivity contribution in [3.8, 4) is 0 Å². The standard InChI is InChI=1S/C20H31F5N2O4S/c21-12-5-7-17(16(22)9-12)31-18-8-11(20(23,24)25)4-6-15(18)19(28)27-13-2-1-3-14(10-13)32(26,29)30/h11-18H,1-10H2,(H,27,28)(H2,26,29,30). The normalized spacial score (nSPS) is 39.4. The van der Waals surface area contributed by atoms with Crippen molar-refractivity contribution >= 4 is 15.9 Å². The molecule has 3 saturated carbocycles. The van der Waals surface area contributed by atoms with Crippen molar-refractivity contribution in [2.75, 3.05) is 0 Å². The average Bonchev–Trinajstić information content (AvgIpc) is 2.69. The van der Waals surface area contributed by atoms with Gasteiger partial charge in [0.1, 0.15) is 12.3 Å². The van der Waals surface area contributed by atoms with Crippen molar-refractivity contribution in [3.05, 3.63) is 0 Å². The third-order valence-corrected chi connectivity index (χ3v) is 8.38. The van der Waals surface area contributed by atoms with Crippen molar-refractivity contribution in [1.29, 1.82) is 0 Å². The molecule has 0 aromatic rings. The van der Waals surface area contributed by atoms with Gasteiger partial charge in [-0.05, 0) is 51.4 Å². The van der Waals surface area contributed by atoms with E-state index >= 15 is 0 Å². The molecule has 6 nitrogen and oxygen atoms in total. The second kappa shape index (κ2) is 10.1. The second-order valence-corrected chi connectivity index (χ2v) is 11.2. The van der Waals surface area contributed by atoms with Crippen LogP contribution in [0.5, 0.6) is 0 Å². The second-order valence-electron chi connectivity index (χ2n) is 9.38. The summed E-state index contributed by atoms with van der Waals surface area (Å²) in [5.74, 6) is -3.10. The molecule has 32 heavy (non-hydrogen) atoms. The van der Waals surface area contributed by atoms with Crippen molar-refractivity contribution in [2.24, 2.45) is 17.0 Å². The van der Waals surface area contributed by atoms with Crippen LogP contribution in [0.25, 0.3) is 0 Å². The lowest BCUT2D eigenvalue weighted by atomic mass is 9.78. The Morgan fingerprint density at radius 3 is 2.28 bits per heavy atom. The zero-order chi connectivity index (χ0) is 23.7. The summed E-state index contributed by atoms with van der Waals surface area (Å²) in [6.45, 7) is 0. The highest BCUT2D eigenvalue weighted by Gasteiger charge is 2.48. The molecule has 0 spiro atoms. The van der Waals surface area contributed by atoms with Gasteiger partial charge >= 0.3 is 6.18 Å². The molecule has 3 fully saturated rings. The van der Waals surface area contributed by atoms with E-state index in [1.54, 1.807) is 0 Å². The zero-order valence-corrected chi connectivity index (χ0v) is 18.5. The molecule has 0 bridgehead atoms. The molecule has 0 aromatic carbocycles. The van der Waals surface area contributed by atoms with E-state index in [-0.39, 0.29) is 38.5 Å². The number of ether oxygens (including phenoxy) is 1. The van der Waals surface area contributed by atoms with Crippen LogP contribution >= 0.6 is 0 Å². The maximum absolute atomic E-state index is 14.3. The van der Waals surface area contributed by atoms with Gasteiger partial charge in [-0.25, -0.2) is 22.3 Å². The van der Waals surface area contributed by atoms with Gasteiger partial charge in [0.15, 0.2) is 0 Å². The molecular weight excluding hydrogens is 459 g/mol. The van der Waals surface area contributed by atoms with Gasteiger partial charge in [-0.1, -0.05) is 6.42 Å². The number of nitrogens with one attached hydrogen (secondary N) is 1. The van der Waals surface area contributed by atoms with Crippen molar-refractivity contribution in [3.63, 3.8) is 0 Å². The Kier molecular flexibility index (Phi) is 8.07. The Labute approximate surface area is 184 Å². The lowest BCUT2D eigenvalue weighted by molar-refractivity contribution is -0.206. The van der Waals surface area contributed by atoms with E-state index < -0.39 is 76.2 Å².